The van der Waals surface area contributed by atoms with Crippen LogP contribution < -0.4 is 10.6 Å². The van der Waals surface area contributed by atoms with Crippen molar-refractivity contribution in [3.05, 3.63) is 11.4 Å². The minimum absolute atomic E-state index is 0.0889. The third-order valence-electron chi connectivity index (χ3n) is 2.94. The molecule has 0 radical (unpaired) electrons. The molecule has 0 spiro atoms. The first-order valence-corrected chi connectivity index (χ1v) is 6.02. The van der Waals surface area contributed by atoms with Crippen LogP contribution in [-0.4, -0.2) is 23.1 Å². The number of nitrogens with zero attached hydrogens (tertiary/aromatic N) is 3. The molecule has 0 saturated heterocycles. The van der Waals surface area contributed by atoms with Gasteiger partial charge in [0.1, 0.15) is 17.5 Å². The molecule has 0 fully saturated rings. The van der Waals surface area contributed by atoms with Crippen LogP contribution in [0.3, 0.4) is 0 Å². The van der Waals surface area contributed by atoms with Crippen LogP contribution in [0.1, 0.15) is 46.0 Å². The largest absolute Gasteiger partial charge is 0.383 e. The summed E-state index contributed by atoms with van der Waals surface area (Å²) in [6.07, 6.45) is 0. The molecule has 17 heavy (non-hydrogen) atoms. The maximum Gasteiger partial charge on any atom is 0.138 e. The molecule has 1 rings (SSSR count). The highest BCUT2D eigenvalue weighted by atomic mass is 15.2. The minimum atomic E-state index is -0.0889. The lowest BCUT2D eigenvalue weighted by molar-refractivity contribution is 0.543. The van der Waals surface area contributed by atoms with Crippen LogP contribution in [0.2, 0.25) is 0 Å². The molecule has 0 saturated carbocycles. The van der Waals surface area contributed by atoms with Crippen LogP contribution >= 0.6 is 0 Å². The van der Waals surface area contributed by atoms with Gasteiger partial charge in [-0.15, -0.1) is 0 Å². The van der Waals surface area contributed by atoms with E-state index in [4.69, 9.17) is 5.73 Å². The molecule has 0 atom stereocenters. The number of hydrogen-bond acceptors (Lipinski definition) is 4. The van der Waals surface area contributed by atoms with E-state index in [0.29, 0.717) is 11.9 Å². The van der Waals surface area contributed by atoms with E-state index >= 15 is 0 Å². The highest BCUT2D eigenvalue weighted by Crippen LogP contribution is 2.27. The maximum absolute atomic E-state index is 5.98. The Morgan fingerprint density at radius 3 is 2.12 bits per heavy atom. The van der Waals surface area contributed by atoms with Gasteiger partial charge in [-0.05, 0) is 20.8 Å². The monoisotopic (exact) mass is 236 g/mol. The second-order valence-electron chi connectivity index (χ2n) is 5.84. The third-order valence-corrected chi connectivity index (χ3v) is 2.94. The first kappa shape index (κ1) is 13.7. The van der Waals surface area contributed by atoms with E-state index in [0.717, 1.165) is 17.2 Å². The van der Waals surface area contributed by atoms with Crippen LogP contribution in [0, 0.1) is 6.92 Å². The van der Waals surface area contributed by atoms with Crippen molar-refractivity contribution in [1.29, 1.82) is 0 Å². The Morgan fingerprint density at radius 1 is 1.18 bits per heavy atom. The van der Waals surface area contributed by atoms with Gasteiger partial charge >= 0.3 is 0 Å². The van der Waals surface area contributed by atoms with Crippen LogP contribution in [0.5, 0.6) is 0 Å². The standard InChI is InChI=1S/C13H24N4/c1-8(2)17(7)11-9(3)10(14)15-12(16-11)13(4,5)6/h8H,1-7H3,(H2,14,15,16). The molecule has 4 nitrogen and oxygen atoms in total. The van der Waals surface area contributed by atoms with Gasteiger partial charge in [0.15, 0.2) is 0 Å². The molecule has 0 amide bonds. The molecule has 0 bridgehead atoms. The van der Waals surface area contributed by atoms with Gasteiger partial charge in [-0.25, -0.2) is 9.97 Å². The SMILES string of the molecule is Cc1c(N)nc(C(C)(C)C)nc1N(C)C(C)C. The summed E-state index contributed by atoms with van der Waals surface area (Å²) in [6.45, 7) is 12.5. The van der Waals surface area contributed by atoms with Gasteiger partial charge in [-0.3, -0.25) is 0 Å². The van der Waals surface area contributed by atoms with E-state index in [1.807, 2.05) is 14.0 Å². The predicted octanol–water partition coefficient (Wildman–Crippen LogP) is 2.51. The van der Waals surface area contributed by atoms with E-state index in [1.165, 1.54) is 0 Å². The van der Waals surface area contributed by atoms with Gasteiger partial charge in [0.25, 0.3) is 0 Å². The summed E-state index contributed by atoms with van der Waals surface area (Å²) in [6, 6.07) is 0.385. The van der Waals surface area contributed by atoms with Crippen LogP contribution in [0.25, 0.3) is 0 Å². The summed E-state index contributed by atoms with van der Waals surface area (Å²) in [5.74, 6) is 2.30. The summed E-state index contributed by atoms with van der Waals surface area (Å²) in [5, 5.41) is 0. The molecule has 2 N–H and O–H groups in total. The first-order valence-electron chi connectivity index (χ1n) is 6.02. The minimum Gasteiger partial charge on any atom is -0.383 e. The molecule has 96 valence electrons. The quantitative estimate of drug-likeness (QED) is 0.857. The second kappa shape index (κ2) is 4.51. The van der Waals surface area contributed by atoms with Crippen LogP contribution in [-0.2, 0) is 5.41 Å². The molecule has 4 heteroatoms. The van der Waals surface area contributed by atoms with Crippen molar-refractivity contribution in [3.63, 3.8) is 0 Å². The van der Waals surface area contributed by atoms with Crippen LogP contribution in [0.15, 0.2) is 0 Å². The summed E-state index contributed by atoms with van der Waals surface area (Å²) in [5.41, 5.74) is 6.84. The molecule has 0 aromatic carbocycles. The van der Waals surface area contributed by atoms with Gasteiger partial charge in [0.2, 0.25) is 0 Å². The zero-order valence-electron chi connectivity index (χ0n) is 12.0. The molecular weight excluding hydrogens is 212 g/mol. The number of aromatic nitrogens is 2. The van der Waals surface area contributed by atoms with Gasteiger partial charge in [-0.2, -0.15) is 0 Å². The predicted molar refractivity (Wildman–Crippen MR) is 73.4 cm³/mol. The highest BCUT2D eigenvalue weighted by molar-refractivity contribution is 5.56. The molecule has 1 heterocycles. The lowest BCUT2D eigenvalue weighted by Crippen LogP contribution is -2.29. The van der Waals surface area contributed by atoms with Crippen molar-refractivity contribution < 1.29 is 0 Å². The van der Waals surface area contributed by atoms with Crippen LogP contribution in [0.4, 0.5) is 11.6 Å². The fraction of sp³-hybridized carbons (Fsp3) is 0.692. The Kier molecular flexibility index (Phi) is 3.65. The number of hydrogen-bond donors (Lipinski definition) is 1. The first-order chi connectivity index (χ1) is 7.64. The Hall–Kier alpha value is -1.32. The number of nitrogen functional groups attached to an aromatic ring is 1. The maximum atomic E-state index is 5.98. The van der Waals surface area contributed by atoms with E-state index in [-0.39, 0.29) is 5.41 Å². The van der Waals surface area contributed by atoms with Crippen molar-refractivity contribution in [2.24, 2.45) is 0 Å². The Labute approximate surface area is 104 Å². The van der Waals surface area contributed by atoms with Crippen molar-refractivity contribution in [3.8, 4) is 0 Å². The molecule has 0 unspecified atom stereocenters. The lowest BCUT2D eigenvalue weighted by Gasteiger charge is -2.27. The smallest absolute Gasteiger partial charge is 0.138 e. The van der Waals surface area contributed by atoms with E-state index in [1.54, 1.807) is 0 Å². The average Bonchev–Trinajstić information content (AvgIpc) is 2.19. The topological polar surface area (TPSA) is 55.0 Å². The molecule has 0 aliphatic carbocycles. The average molecular weight is 236 g/mol. The van der Waals surface area contributed by atoms with Crippen molar-refractivity contribution in [2.75, 3.05) is 17.7 Å². The molecular formula is C13H24N4. The summed E-state index contributed by atoms with van der Waals surface area (Å²) >= 11 is 0. The van der Waals surface area contributed by atoms with Crippen molar-refractivity contribution >= 4 is 11.6 Å². The third kappa shape index (κ3) is 2.87. The van der Waals surface area contributed by atoms with Crippen molar-refractivity contribution in [1.82, 2.24) is 9.97 Å². The zero-order valence-corrected chi connectivity index (χ0v) is 12.0. The number of nitrogens with two attached hydrogens (primary N) is 1. The van der Waals surface area contributed by atoms with Crippen molar-refractivity contribution in [2.45, 2.75) is 53.0 Å². The molecule has 0 aliphatic heterocycles. The van der Waals surface area contributed by atoms with Gasteiger partial charge in [-0.1, -0.05) is 20.8 Å². The summed E-state index contributed by atoms with van der Waals surface area (Å²) in [7, 11) is 2.03. The van der Waals surface area contributed by atoms with E-state index < -0.39 is 0 Å². The van der Waals surface area contributed by atoms with Gasteiger partial charge in [0.05, 0.1) is 0 Å². The fourth-order valence-corrected chi connectivity index (χ4v) is 1.45. The molecule has 0 aliphatic rings. The zero-order chi connectivity index (χ0) is 13.4. The number of anilines is 2. The molecule has 1 aromatic heterocycles. The number of rotatable bonds is 2. The highest BCUT2D eigenvalue weighted by Gasteiger charge is 2.22. The summed E-state index contributed by atoms with van der Waals surface area (Å²) < 4.78 is 0. The second-order valence-corrected chi connectivity index (χ2v) is 5.84. The van der Waals surface area contributed by atoms with Gasteiger partial charge in [0, 0.05) is 24.1 Å². The Morgan fingerprint density at radius 2 is 1.71 bits per heavy atom. The van der Waals surface area contributed by atoms with Gasteiger partial charge < -0.3 is 10.6 Å². The molecule has 1 aromatic rings. The lowest BCUT2D eigenvalue weighted by atomic mass is 9.95. The Bertz CT molecular complexity index is 405. The fourth-order valence-electron chi connectivity index (χ4n) is 1.45. The summed E-state index contributed by atoms with van der Waals surface area (Å²) in [4.78, 5) is 11.2. The van der Waals surface area contributed by atoms with E-state index in [2.05, 4.69) is 49.5 Å². The van der Waals surface area contributed by atoms with E-state index in [9.17, 15) is 0 Å². The normalized spacial score (nSPS) is 12.0. The Balaban J connectivity index is 3.35.